The van der Waals surface area contributed by atoms with Gasteiger partial charge in [-0.15, -0.1) is 0 Å². The molecule has 4 aromatic rings. The molecule has 0 aliphatic rings. The van der Waals surface area contributed by atoms with Crippen LogP contribution in [0, 0.1) is 0 Å². The van der Waals surface area contributed by atoms with E-state index in [0.717, 1.165) is 46.3 Å². The molecule has 0 fully saturated rings. The van der Waals surface area contributed by atoms with Crippen molar-refractivity contribution in [3.63, 3.8) is 0 Å². The third-order valence-electron chi connectivity index (χ3n) is 4.49. The number of hydrogen-bond acceptors (Lipinski definition) is 2. The minimum Gasteiger partial charge on any atom is -0.354 e. The molecule has 1 N–H and O–H groups in total. The number of benzene rings is 4. The van der Waals surface area contributed by atoms with E-state index in [2.05, 4.69) is 147 Å². The van der Waals surface area contributed by atoms with E-state index in [-0.39, 0.29) is 0 Å². The maximum absolute atomic E-state index is 3.65. The number of anilines is 5. The van der Waals surface area contributed by atoms with Crippen LogP contribution in [-0.2, 0) is 0 Å². The Morgan fingerprint density at radius 3 is 1.43 bits per heavy atom. The minimum atomic E-state index is 1.01. The molecular weight excluding hydrogens is 636 g/mol. The Bertz CT molecular complexity index is 1100. The van der Waals surface area contributed by atoms with Crippen molar-refractivity contribution in [2.24, 2.45) is 0 Å². The Hall–Kier alpha value is -1.60. The molecule has 4 aromatic carbocycles. The third kappa shape index (κ3) is 5.17. The molecule has 0 radical (unpaired) electrons. The van der Waals surface area contributed by atoms with Crippen molar-refractivity contribution < 1.29 is 0 Å². The lowest BCUT2D eigenvalue weighted by molar-refractivity contribution is 1.27. The van der Waals surface area contributed by atoms with Gasteiger partial charge in [-0.05, 0) is 91.0 Å². The molecule has 0 aromatic heterocycles. The van der Waals surface area contributed by atoms with Crippen LogP contribution in [0.15, 0.2) is 109 Å². The van der Waals surface area contributed by atoms with Crippen LogP contribution < -0.4 is 10.2 Å². The van der Waals surface area contributed by atoms with Gasteiger partial charge in [0.1, 0.15) is 0 Å². The number of nitrogens with one attached hydrogen (secondary N) is 1. The summed E-state index contributed by atoms with van der Waals surface area (Å²) < 4.78 is 4.16. The first-order valence-electron chi connectivity index (χ1n) is 9.13. The fraction of sp³-hybridized carbons (Fsp3) is 0. The maximum Gasteiger partial charge on any atom is 0.0707 e. The normalized spacial score (nSPS) is 10.7. The molecular formula is C24H16Br4N2. The van der Waals surface area contributed by atoms with Gasteiger partial charge >= 0.3 is 0 Å². The van der Waals surface area contributed by atoms with Gasteiger partial charge in [0.05, 0.1) is 11.4 Å². The van der Waals surface area contributed by atoms with Gasteiger partial charge in [0.2, 0.25) is 0 Å². The average Bonchev–Trinajstić information content (AvgIpc) is 2.74. The molecule has 0 saturated heterocycles. The Labute approximate surface area is 209 Å². The van der Waals surface area contributed by atoms with E-state index >= 15 is 0 Å². The van der Waals surface area contributed by atoms with Crippen molar-refractivity contribution in [3.05, 3.63) is 109 Å². The van der Waals surface area contributed by atoms with Gasteiger partial charge in [-0.2, -0.15) is 0 Å². The second-order valence-corrected chi connectivity index (χ2v) is 10.2. The van der Waals surface area contributed by atoms with Crippen LogP contribution in [0.3, 0.4) is 0 Å². The summed E-state index contributed by atoms with van der Waals surface area (Å²) in [6.07, 6.45) is 0. The molecule has 0 heterocycles. The summed E-state index contributed by atoms with van der Waals surface area (Å²) >= 11 is 14.2. The Morgan fingerprint density at radius 1 is 0.500 bits per heavy atom. The SMILES string of the molecule is Brc1ccc(Nc2ccc(Br)cc2N(c2ccc(Br)cc2)c2ccc(Br)cc2)cc1. The highest BCUT2D eigenvalue weighted by Gasteiger charge is 2.17. The molecule has 150 valence electrons. The first kappa shape index (κ1) is 21.6. The predicted octanol–water partition coefficient (Wildman–Crippen LogP) is 9.95. The van der Waals surface area contributed by atoms with E-state index in [1.54, 1.807) is 0 Å². The zero-order chi connectivity index (χ0) is 21.1. The Balaban J connectivity index is 1.85. The lowest BCUT2D eigenvalue weighted by Crippen LogP contribution is -2.12. The average molecular weight is 652 g/mol. The minimum absolute atomic E-state index is 1.01. The number of hydrogen-bond donors (Lipinski definition) is 1. The molecule has 0 unspecified atom stereocenters. The first-order chi connectivity index (χ1) is 14.5. The zero-order valence-electron chi connectivity index (χ0n) is 15.6. The van der Waals surface area contributed by atoms with Crippen molar-refractivity contribution in [3.8, 4) is 0 Å². The molecule has 0 aliphatic heterocycles. The van der Waals surface area contributed by atoms with Crippen molar-refractivity contribution in [1.29, 1.82) is 0 Å². The number of rotatable bonds is 5. The quantitative estimate of drug-likeness (QED) is 0.231. The number of halogens is 4. The monoisotopic (exact) mass is 648 g/mol. The number of nitrogens with zero attached hydrogens (tertiary/aromatic N) is 1. The molecule has 0 amide bonds. The van der Waals surface area contributed by atoms with Crippen LogP contribution in [0.1, 0.15) is 0 Å². The van der Waals surface area contributed by atoms with Gasteiger partial charge < -0.3 is 10.2 Å². The van der Waals surface area contributed by atoms with Crippen LogP contribution in [0.4, 0.5) is 28.4 Å². The van der Waals surface area contributed by atoms with Crippen LogP contribution in [0.2, 0.25) is 0 Å². The fourth-order valence-corrected chi connectivity index (χ4v) is 4.23. The van der Waals surface area contributed by atoms with Crippen LogP contribution >= 0.6 is 63.7 Å². The van der Waals surface area contributed by atoms with Gasteiger partial charge in [-0.1, -0.05) is 63.7 Å². The summed E-state index contributed by atoms with van der Waals surface area (Å²) in [6.45, 7) is 0. The topological polar surface area (TPSA) is 15.3 Å². The van der Waals surface area contributed by atoms with Crippen LogP contribution in [-0.4, -0.2) is 0 Å². The molecule has 0 spiro atoms. The van der Waals surface area contributed by atoms with E-state index in [4.69, 9.17) is 0 Å². The summed E-state index contributed by atoms with van der Waals surface area (Å²) in [5.74, 6) is 0. The van der Waals surface area contributed by atoms with Gasteiger partial charge in [0.25, 0.3) is 0 Å². The summed E-state index contributed by atoms with van der Waals surface area (Å²) in [5, 5.41) is 3.57. The van der Waals surface area contributed by atoms with Crippen molar-refractivity contribution in [2.45, 2.75) is 0 Å². The fourth-order valence-electron chi connectivity index (χ4n) is 3.09. The molecule has 2 nitrogen and oxygen atoms in total. The van der Waals surface area contributed by atoms with Crippen LogP contribution in [0.5, 0.6) is 0 Å². The zero-order valence-corrected chi connectivity index (χ0v) is 22.0. The van der Waals surface area contributed by atoms with Gasteiger partial charge in [0.15, 0.2) is 0 Å². The lowest BCUT2D eigenvalue weighted by atomic mass is 10.1. The Kier molecular flexibility index (Phi) is 6.98. The van der Waals surface area contributed by atoms with Gasteiger partial charge in [-0.3, -0.25) is 0 Å². The molecule has 0 bridgehead atoms. The summed E-state index contributed by atoms with van der Waals surface area (Å²) in [6, 6.07) is 31.1. The van der Waals surface area contributed by atoms with Gasteiger partial charge in [0, 0.05) is 35.0 Å². The van der Waals surface area contributed by atoms with E-state index in [1.807, 2.05) is 18.2 Å². The molecule has 0 aliphatic carbocycles. The molecule has 4 rings (SSSR count). The van der Waals surface area contributed by atoms with Crippen LogP contribution in [0.25, 0.3) is 0 Å². The summed E-state index contributed by atoms with van der Waals surface area (Å²) in [5.41, 5.74) is 5.20. The first-order valence-corrected chi connectivity index (χ1v) is 12.3. The third-order valence-corrected chi connectivity index (χ3v) is 6.57. The second-order valence-electron chi connectivity index (χ2n) is 6.58. The standard InChI is InChI=1S/C24H16Br4N2/c25-16-1-8-20(9-2-16)29-23-14-7-19(28)15-24(23)30(21-10-3-17(26)4-11-21)22-12-5-18(27)6-13-22/h1-15,29H. The predicted molar refractivity (Wildman–Crippen MR) is 142 cm³/mol. The van der Waals surface area contributed by atoms with Gasteiger partial charge in [-0.25, -0.2) is 0 Å². The largest absolute Gasteiger partial charge is 0.354 e. The van der Waals surface area contributed by atoms with E-state index in [0.29, 0.717) is 0 Å². The molecule has 30 heavy (non-hydrogen) atoms. The highest BCUT2D eigenvalue weighted by Crippen LogP contribution is 2.42. The van der Waals surface area contributed by atoms with E-state index < -0.39 is 0 Å². The highest BCUT2D eigenvalue weighted by atomic mass is 79.9. The molecule has 0 atom stereocenters. The smallest absolute Gasteiger partial charge is 0.0707 e. The second kappa shape index (κ2) is 9.69. The van der Waals surface area contributed by atoms with Crippen molar-refractivity contribution in [1.82, 2.24) is 0 Å². The van der Waals surface area contributed by atoms with E-state index in [9.17, 15) is 0 Å². The highest BCUT2D eigenvalue weighted by molar-refractivity contribution is 9.11. The van der Waals surface area contributed by atoms with Crippen molar-refractivity contribution in [2.75, 3.05) is 10.2 Å². The summed E-state index contributed by atoms with van der Waals surface area (Å²) in [4.78, 5) is 2.24. The molecule has 0 saturated carbocycles. The molecule has 6 heteroatoms. The Morgan fingerprint density at radius 2 is 0.933 bits per heavy atom. The maximum atomic E-state index is 3.65. The lowest BCUT2D eigenvalue weighted by Gasteiger charge is -2.28. The summed E-state index contributed by atoms with van der Waals surface area (Å²) in [7, 11) is 0. The van der Waals surface area contributed by atoms with Crippen molar-refractivity contribution >= 4 is 92.2 Å². The van der Waals surface area contributed by atoms with E-state index in [1.165, 1.54) is 0 Å².